The fourth-order valence-corrected chi connectivity index (χ4v) is 2.74. The van der Waals surface area contributed by atoms with E-state index in [2.05, 4.69) is 4.98 Å². The van der Waals surface area contributed by atoms with Crippen LogP contribution in [0.25, 0.3) is 10.9 Å². The zero-order valence-electron chi connectivity index (χ0n) is 9.88. The van der Waals surface area contributed by atoms with Crippen LogP contribution in [-0.2, 0) is 17.6 Å². The van der Waals surface area contributed by atoms with Crippen molar-refractivity contribution in [3.63, 3.8) is 0 Å². The van der Waals surface area contributed by atoms with Crippen molar-refractivity contribution in [1.29, 1.82) is 0 Å². The summed E-state index contributed by atoms with van der Waals surface area (Å²) in [7, 11) is 1.43. The monoisotopic (exact) mass is 229 g/mol. The molecule has 0 atom stereocenters. The van der Waals surface area contributed by atoms with Gasteiger partial charge in [0.25, 0.3) is 0 Å². The Balaban J connectivity index is 2.29. The molecule has 1 aromatic carbocycles. The van der Waals surface area contributed by atoms with E-state index in [1.807, 2.05) is 18.2 Å². The van der Waals surface area contributed by atoms with Crippen molar-refractivity contribution in [3.8, 4) is 0 Å². The SMILES string of the molecule is COC(=O)c1cccc2[nH]c3c(c12)CCCC3. The largest absolute Gasteiger partial charge is 0.465 e. The number of H-pyrrole nitrogens is 1. The van der Waals surface area contributed by atoms with Gasteiger partial charge in [0.15, 0.2) is 0 Å². The standard InChI is InChI=1S/C14H15NO2/c1-17-14(16)10-6-4-8-12-13(10)9-5-2-3-7-11(9)15-12/h4,6,8,15H,2-3,5,7H2,1H3. The number of fused-ring (bicyclic) bond motifs is 3. The average Bonchev–Trinajstić information content (AvgIpc) is 2.76. The first-order chi connectivity index (χ1) is 8.31. The molecule has 0 aliphatic heterocycles. The Labute approximate surface area is 99.8 Å². The molecule has 1 N–H and O–H groups in total. The molecule has 88 valence electrons. The number of carbonyl (C=O) groups is 1. The second-order valence-corrected chi connectivity index (χ2v) is 4.51. The molecule has 1 aliphatic rings. The average molecular weight is 229 g/mol. The number of methoxy groups -OCH3 is 1. The van der Waals surface area contributed by atoms with Crippen LogP contribution in [0.4, 0.5) is 0 Å². The molecule has 3 rings (SSSR count). The molecule has 0 saturated carbocycles. The fourth-order valence-electron chi connectivity index (χ4n) is 2.74. The van der Waals surface area contributed by atoms with Gasteiger partial charge in [-0.15, -0.1) is 0 Å². The van der Waals surface area contributed by atoms with Gasteiger partial charge in [0.05, 0.1) is 12.7 Å². The van der Waals surface area contributed by atoms with E-state index in [9.17, 15) is 4.79 Å². The van der Waals surface area contributed by atoms with Gasteiger partial charge in [-0.3, -0.25) is 0 Å². The van der Waals surface area contributed by atoms with E-state index in [4.69, 9.17) is 4.74 Å². The summed E-state index contributed by atoms with van der Waals surface area (Å²) in [6.07, 6.45) is 4.58. The van der Waals surface area contributed by atoms with Gasteiger partial charge >= 0.3 is 5.97 Å². The fraction of sp³-hybridized carbons (Fsp3) is 0.357. The first-order valence-corrected chi connectivity index (χ1v) is 6.02. The van der Waals surface area contributed by atoms with Crippen molar-refractivity contribution in [3.05, 3.63) is 35.0 Å². The molecule has 1 aromatic heterocycles. The lowest BCUT2D eigenvalue weighted by atomic mass is 9.94. The number of hydrogen-bond acceptors (Lipinski definition) is 2. The maximum atomic E-state index is 11.8. The van der Waals surface area contributed by atoms with Crippen LogP contribution in [-0.4, -0.2) is 18.1 Å². The number of nitrogens with one attached hydrogen (secondary N) is 1. The van der Waals surface area contributed by atoms with Crippen LogP contribution in [0.2, 0.25) is 0 Å². The highest BCUT2D eigenvalue weighted by Crippen LogP contribution is 2.31. The second-order valence-electron chi connectivity index (χ2n) is 4.51. The third-order valence-electron chi connectivity index (χ3n) is 3.52. The summed E-state index contributed by atoms with van der Waals surface area (Å²) in [5, 5.41) is 1.06. The summed E-state index contributed by atoms with van der Waals surface area (Å²) >= 11 is 0. The Morgan fingerprint density at radius 3 is 2.94 bits per heavy atom. The number of benzene rings is 1. The third kappa shape index (κ3) is 1.54. The smallest absolute Gasteiger partial charge is 0.338 e. The van der Waals surface area contributed by atoms with Gasteiger partial charge in [-0.1, -0.05) is 6.07 Å². The molecule has 0 spiro atoms. The summed E-state index contributed by atoms with van der Waals surface area (Å²) in [5.41, 5.74) is 4.35. The van der Waals surface area contributed by atoms with E-state index in [1.54, 1.807) is 0 Å². The van der Waals surface area contributed by atoms with E-state index in [1.165, 1.54) is 31.2 Å². The van der Waals surface area contributed by atoms with Gasteiger partial charge in [-0.25, -0.2) is 4.79 Å². The highest BCUT2D eigenvalue weighted by molar-refractivity contribution is 6.05. The highest BCUT2D eigenvalue weighted by Gasteiger charge is 2.20. The van der Waals surface area contributed by atoms with Crippen molar-refractivity contribution < 1.29 is 9.53 Å². The molecule has 0 amide bonds. The summed E-state index contributed by atoms with van der Waals surface area (Å²) in [6, 6.07) is 5.77. The number of rotatable bonds is 1. The number of carbonyl (C=O) groups excluding carboxylic acids is 1. The second kappa shape index (κ2) is 3.91. The zero-order valence-corrected chi connectivity index (χ0v) is 9.88. The number of esters is 1. The molecule has 0 radical (unpaired) electrons. The lowest BCUT2D eigenvalue weighted by molar-refractivity contribution is 0.0603. The van der Waals surface area contributed by atoms with Gasteiger partial charge in [0, 0.05) is 16.6 Å². The minimum Gasteiger partial charge on any atom is -0.465 e. The highest BCUT2D eigenvalue weighted by atomic mass is 16.5. The first-order valence-electron chi connectivity index (χ1n) is 6.02. The molecule has 0 unspecified atom stereocenters. The van der Waals surface area contributed by atoms with Crippen LogP contribution in [0, 0.1) is 0 Å². The Morgan fingerprint density at radius 1 is 1.29 bits per heavy atom. The van der Waals surface area contributed by atoms with Crippen LogP contribution >= 0.6 is 0 Å². The predicted octanol–water partition coefficient (Wildman–Crippen LogP) is 2.83. The minimum absolute atomic E-state index is 0.247. The van der Waals surface area contributed by atoms with Crippen LogP contribution in [0.3, 0.4) is 0 Å². The molecular weight excluding hydrogens is 214 g/mol. The Kier molecular flexibility index (Phi) is 2.39. The number of hydrogen-bond donors (Lipinski definition) is 1. The molecule has 3 heteroatoms. The summed E-state index contributed by atoms with van der Waals surface area (Å²) in [4.78, 5) is 15.2. The van der Waals surface area contributed by atoms with Gasteiger partial charge < -0.3 is 9.72 Å². The van der Waals surface area contributed by atoms with Gasteiger partial charge in [0.1, 0.15) is 0 Å². The first kappa shape index (κ1) is 10.4. The minimum atomic E-state index is -0.247. The molecular formula is C14H15NO2. The van der Waals surface area contributed by atoms with Gasteiger partial charge in [0.2, 0.25) is 0 Å². The van der Waals surface area contributed by atoms with Crippen molar-refractivity contribution >= 4 is 16.9 Å². The van der Waals surface area contributed by atoms with E-state index < -0.39 is 0 Å². The Hall–Kier alpha value is -1.77. The van der Waals surface area contributed by atoms with Crippen LogP contribution in [0.15, 0.2) is 18.2 Å². The van der Waals surface area contributed by atoms with Crippen LogP contribution in [0.1, 0.15) is 34.5 Å². The Morgan fingerprint density at radius 2 is 2.12 bits per heavy atom. The maximum Gasteiger partial charge on any atom is 0.338 e. The maximum absolute atomic E-state index is 11.8. The van der Waals surface area contributed by atoms with Crippen molar-refractivity contribution in [2.45, 2.75) is 25.7 Å². The molecule has 0 bridgehead atoms. The summed E-state index contributed by atoms with van der Waals surface area (Å²) < 4.78 is 4.85. The van der Waals surface area contributed by atoms with E-state index >= 15 is 0 Å². The lowest BCUT2D eigenvalue weighted by Crippen LogP contribution is -2.04. The van der Waals surface area contributed by atoms with E-state index in [-0.39, 0.29) is 5.97 Å². The van der Waals surface area contributed by atoms with E-state index in [0.29, 0.717) is 5.56 Å². The normalized spacial score (nSPS) is 14.6. The molecule has 0 fully saturated rings. The molecule has 0 saturated heterocycles. The van der Waals surface area contributed by atoms with Crippen molar-refractivity contribution in [2.75, 3.05) is 7.11 Å². The quantitative estimate of drug-likeness (QED) is 0.764. The third-order valence-corrected chi connectivity index (χ3v) is 3.52. The lowest BCUT2D eigenvalue weighted by Gasteiger charge is -2.11. The zero-order chi connectivity index (χ0) is 11.8. The number of aromatic amines is 1. The van der Waals surface area contributed by atoms with Crippen LogP contribution in [0.5, 0.6) is 0 Å². The number of aryl methyl sites for hydroxylation is 2. The Bertz CT molecular complexity index is 583. The van der Waals surface area contributed by atoms with Crippen LogP contribution < -0.4 is 0 Å². The van der Waals surface area contributed by atoms with Gasteiger partial charge in [-0.2, -0.15) is 0 Å². The summed E-state index contributed by atoms with van der Waals surface area (Å²) in [6.45, 7) is 0. The van der Waals surface area contributed by atoms with Crippen molar-refractivity contribution in [1.82, 2.24) is 4.98 Å². The van der Waals surface area contributed by atoms with Gasteiger partial charge in [-0.05, 0) is 43.4 Å². The summed E-state index contributed by atoms with van der Waals surface area (Å²) in [5.74, 6) is -0.247. The number of aromatic nitrogens is 1. The predicted molar refractivity (Wildman–Crippen MR) is 66.3 cm³/mol. The molecule has 1 aliphatic carbocycles. The van der Waals surface area contributed by atoms with E-state index in [0.717, 1.165) is 23.7 Å². The number of ether oxygens (including phenoxy) is 1. The van der Waals surface area contributed by atoms with Crippen molar-refractivity contribution in [2.24, 2.45) is 0 Å². The topological polar surface area (TPSA) is 42.1 Å². The molecule has 17 heavy (non-hydrogen) atoms. The molecule has 2 aromatic rings. The molecule has 3 nitrogen and oxygen atoms in total. The molecule has 1 heterocycles.